The number of hydrogen-bond acceptors (Lipinski definition) is 4. The topological polar surface area (TPSA) is 55.3 Å². The van der Waals surface area contributed by atoms with Crippen LogP contribution in [0.3, 0.4) is 0 Å². The second-order valence-corrected chi connectivity index (χ2v) is 8.67. The molecule has 5 heteroatoms. The summed E-state index contributed by atoms with van der Waals surface area (Å²) in [4.78, 5) is 24.1. The average molecular weight is 380 g/mol. The summed E-state index contributed by atoms with van der Waals surface area (Å²) in [5.41, 5.74) is 3.34. The number of rotatable bonds is 4. The molecule has 1 amide bonds. The van der Waals surface area contributed by atoms with Crippen molar-refractivity contribution in [3.05, 3.63) is 35.7 Å². The number of carbonyl (C=O) groups excluding carboxylic acids is 1. The van der Waals surface area contributed by atoms with Gasteiger partial charge in [0.05, 0.1) is 12.5 Å². The Morgan fingerprint density at radius 1 is 1.07 bits per heavy atom. The number of hydrogen-bond donors (Lipinski definition) is 0. The highest BCUT2D eigenvalue weighted by Crippen LogP contribution is 2.40. The van der Waals surface area contributed by atoms with Crippen LogP contribution < -0.4 is 0 Å². The SMILES string of the molecule is O=C(CC1CCCCO1)N1CCC(c2ccc3cc(C4CC4)cnc3n2)CC1. The number of pyridine rings is 2. The van der Waals surface area contributed by atoms with Crippen molar-refractivity contribution in [2.24, 2.45) is 0 Å². The molecule has 2 saturated heterocycles. The molecule has 0 radical (unpaired) electrons. The molecule has 0 N–H and O–H groups in total. The molecule has 3 aliphatic rings. The van der Waals surface area contributed by atoms with Crippen molar-refractivity contribution in [1.82, 2.24) is 14.9 Å². The fourth-order valence-electron chi connectivity index (χ4n) is 4.63. The van der Waals surface area contributed by atoms with Crippen molar-refractivity contribution in [3.8, 4) is 0 Å². The summed E-state index contributed by atoms with van der Waals surface area (Å²) in [6.45, 7) is 2.46. The normalized spacial score (nSPS) is 23.9. The minimum Gasteiger partial charge on any atom is -0.378 e. The molecule has 1 unspecified atom stereocenters. The van der Waals surface area contributed by atoms with Crippen LogP contribution in [0, 0.1) is 0 Å². The highest BCUT2D eigenvalue weighted by Gasteiger charge is 2.28. The van der Waals surface area contributed by atoms with Crippen LogP contribution in [0.4, 0.5) is 0 Å². The zero-order valence-corrected chi connectivity index (χ0v) is 16.5. The van der Waals surface area contributed by atoms with E-state index in [2.05, 4.69) is 23.2 Å². The molecule has 1 atom stereocenters. The molecule has 148 valence electrons. The quantitative estimate of drug-likeness (QED) is 0.800. The average Bonchev–Trinajstić information content (AvgIpc) is 3.59. The predicted octanol–water partition coefficient (Wildman–Crippen LogP) is 4.17. The Balaban J connectivity index is 1.20. The van der Waals surface area contributed by atoms with Gasteiger partial charge in [-0.2, -0.15) is 0 Å². The van der Waals surface area contributed by atoms with E-state index >= 15 is 0 Å². The zero-order valence-electron chi connectivity index (χ0n) is 16.5. The molecule has 3 fully saturated rings. The van der Waals surface area contributed by atoms with Gasteiger partial charge < -0.3 is 9.64 Å². The van der Waals surface area contributed by atoms with Gasteiger partial charge in [0.1, 0.15) is 0 Å². The second-order valence-electron chi connectivity index (χ2n) is 8.67. The maximum absolute atomic E-state index is 12.6. The summed E-state index contributed by atoms with van der Waals surface area (Å²) in [7, 11) is 0. The van der Waals surface area contributed by atoms with Crippen molar-refractivity contribution < 1.29 is 9.53 Å². The number of likely N-dealkylation sites (tertiary alicyclic amines) is 1. The number of ether oxygens (including phenoxy) is 1. The van der Waals surface area contributed by atoms with Crippen molar-refractivity contribution in [2.45, 2.75) is 69.3 Å². The van der Waals surface area contributed by atoms with Gasteiger partial charge in [-0.1, -0.05) is 0 Å². The third-order valence-electron chi connectivity index (χ3n) is 6.58. The number of nitrogens with zero attached hydrogens (tertiary/aromatic N) is 3. The Morgan fingerprint density at radius 2 is 1.93 bits per heavy atom. The maximum Gasteiger partial charge on any atom is 0.225 e. The van der Waals surface area contributed by atoms with Gasteiger partial charge >= 0.3 is 0 Å². The monoisotopic (exact) mass is 379 g/mol. The van der Waals surface area contributed by atoms with Crippen LogP contribution in [-0.2, 0) is 9.53 Å². The summed E-state index contributed by atoms with van der Waals surface area (Å²) < 4.78 is 5.73. The first-order chi connectivity index (χ1) is 13.8. The third kappa shape index (κ3) is 3.90. The summed E-state index contributed by atoms with van der Waals surface area (Å²) in [5, 5.41) is 1.15. The molecule has 0 bridgehead atoms. The van der Waals surface area contributed by atoms with Gasteiger partial charge in [0.15, 0.2) is 5.65 Å². The second kappa shape index (κ2) is 7.78. The van der Waals surface area contributed by atoms with Gasteiger partial charge in [0, 0.05) is 42.9 Å². The van der Waals surface area contributed by atoms with Crippen LogP contribution in [0.15, 0.2) is 24.4 Å². The molecule has 28 heavy (non-hydrogen) atoms. The Kier molecular flexibility index (Phi) is 5.02. The molecular formula is C23H29N3O2. The largest absolute Gasteiger partial charge is 0.378 e. The lowest BCUT2D eigenvalue weighted by Crippen LogP contribution is -2.40. The molecular weight excluding hydrogens is 350 g/mol. The fraction of sp³-hybridized carbons (Fsp3) is 0.609. The lowest BCUT2D eigenvalue weighted by Gasteiger charge is -2.33. The minimum atomic E-state index is 0.132. The first-order valence-corrected chi connectivity index (χ1v) is 10.9. The van der Waals surface area contributed by atoms with Crippen LogP contribution in [0.1, 0.15) is 74.5 Å². The number of fused-ring (bicyclic) bond motifs is 1. The highest BCUT2D eigenvalue weighted by atomic mass is 16.5. The van der Waals surface area contributed by atoms with Crippen molar-refractivity contribution >= 4 is 16.9 Å². The Bertz CT molecular complexity index is 850. The lowest BCUT2D eigenvalue weighted by molar-refractivity contribution is -0.136. The standard InChI is InChI=1S/C23H29N3O2/c27-22(14-20-3-1-2-12-28-20)26-10-8-17(9-11-26)21-7-6-18-13-19(16-4-5-16)15-24-23(18)25-21/h6-7,13,15-17,20H,1-5,8-12,14H2. The van der Waals surface area contributed by atoms with E-state index in [9.17, 15) is 4.79 Å². The van der Waals surface area contributed by atoms with Gasteiger partial charge in [-0.15, -0.1) is 0 Å². The van der Waals surface area contributed by atoms with Crippen LogP contribution in [0.5, 0.6) is 0 Å². The first-order valence-electron chi connectivity index (χ1n) is 10.9. The van der Waals surface area contributed by atoms with Gasteiger partial charge in [0.2, 0.25) is 5.91 Å². The molecule has 0 aromatic carbocycles. The number of carbonyl (C=O) groups is 1. The van der Waals surface area contributed by atoms with E-state index in [4.69, 9.17) is 9.72 Å². The smallest absolute Gasteiger partial charge is 0.225 e. The van der Waals surface area contributed by atoms with E-state index in [1.54, 1.807) is 0 Å². The van der Waals surface area contributed by atoms with Gasteiger partial charge in [-0.3, -0.25) is 4.79 Å². The lowest BCUT2D eigenvalue weighted by atomic mass is 9.92. The summed E-state index contributed by atoms with van der Waals surface area (Å²) in [5.74, 6) is 1.40. The molecule has 4 heterocycles. The minimum absolute atomic E-state index is 0.132. The molecule has 1 saturated carbocycles. The molecule has 0 spiro atoms. The fourth-order valence-corrected chi connectivity index (χ4v) is 4.63. The van der Waals surface area contributed by atoms with E-state index in [0.717, 1.165) is 68.0 Å². The van der Waals surface area contributed by atoms with E-state index in [1.165, 1.54) is 24.8 Å². The Labute approximate surface area is 166 Å². The number of aromatic nitrogens is 2. The van der Waals surface area contributed by atoms with Gasteiger partial charge in [-0.05, 0) is 74.6 Å². The Morgan fingerprint density at radius 3 is 2.68 bits per heavy atom. The molecule has 1 aliphatic carbocycles. The summed E-state index contributed by atoms with van der Waals surface area (Å²) in [6.07, 6.45) is 10.6. The number of amides is 1. The molecule has 2 aromatic heterocycles. The van der Waals surface area contributed by atoms with Gasteiger partial charge in [0.25, 0.3) is 0 Å². The van der Waals surface area contributed by atoms with Crippen LogP contribution in [0.2, 0.25) is 0 Å². The zero-order chi connectivity index (χ0) is 18.9. The van der Waals surface area contributed by atoms with Crippen LogP contribution in [-0.4, -0.2) is 46.6 Å². The van der Waals surface area contributed by atoms with E-state index in [0.29, 0.717) is 12.3 Å². The first kappa shape index (κ1) is 18.0. The molecule has 2 aliphatic heterocycles. The van der Waals surface area contributed by atoms with Crippen molar-refractivity contribution in [3.63, 3.8) is 0 Å². The maximum atomic E-state index is 12.6. The third-order valence-corrected chi connectivity index (χ3v) is 6.58. The van der Waals surface area contributed by atoms with E-state index in [-0.39, 0.29) is 12.0 Å². The predicted molar refractivity (Wildman–Crippen MR) is 108 cm³/mol. The van der Waals surface area contributed by atoms with Crippen molar-refractivity contribution in [1.29, 1.82) is 0 Å². The van der Waals surface area contributed by atoms with Gasteiger partial charge in [-0.25, -0.2) is 9.97 Å². The number of piperidine rings is 1. The highest BCUT2D eigenvalue weighted by molar-refractivity contribution is 5.77. The summed E-state index contributed by atoms with van der Waals surface area (Å²) >= 11 is 0. The summed E-state index contributed by atoms with van der Waals surface area (Å²) in [6, 6.07) is 6.60. The van der Waals surface area contributed by atoms with E-state index < -0.39 is 0 Å². The van der Waals surface area contributed by atoms with Crippen molar-refractivity contribution in [2.75, 3.05) is 19.7 Å². The molecule has 5 nitrogen and oxygen atoms in total. The van der Waals surface area contributed by atoms with E-state index in [1.807, 2.05) is 11.1 Å². The van der Waals surface area contributed by atoms with Crippen LogP contribution >= 0.6 is 0 Å². The van der Waals surface area contributed by atoms with Crippen LogP contribution in [0.25, 0.3) is 11.0 Å². The Hall–Kier alpha value is -2.01. The molecule has 5 rings (SSSR count). The molecule has 2 aromatic rings.